The van der Waals surface area contributed by atoms with Gasteiger partial charge in [-0.15, -0.1) is 33.3 Å². The van der Waals surface area contributed by atoms with Crippen LogP contribution in [0.5, 0.6) is 0 Å². The molecule has 0 N–H and O–H groups in total. The van der Waals surface area contributed by atoms with Crippen LogP contribution in [0.2, 0.25) is 0 Å². The number of hydrogen-bond donors (Lipinski definition) is 0. The van der Waals surface area contributed by atoms with Gasteiger partial charge >= 0.3 is 0 Å². The van der Waals surface area contributed by atoms with Crippen LogP contribution in [0.1, 0.15) is 35.1 Å². The fourth-order valence-electron chi connectivity index (χ4n) is 2.66. The third-order valence-corrected chi connectivity index (χ3v) is 6.72. The molecule has 0 spiro atoms. The maximum Gasteiger partial charge on any atom is 0.191 e. The molecule has 1 saturated carbocycles. The maximum absolute atomic E-state index is 4.49. The van der Waals surface area contributed by atoms with Crippen LogP contribution >= 0.6 is 34.9 Å². The lowest BCUT2D eigenvalue weighted by Gasteiger charge is -2.08. The zero-order valence-electron chi connectivity index (χ0n) is 13.5. The Morgan fingerprint density at radius 3 is 2.67 bits per heavy atom. The molecule has 1 fully saturated rings. The first-order valence-electron chi connectivity index (χ1n) is 8.05. The molecule has 0 aliphatic heterocycles. The third kappa shape index (κ3) is 3.71. The zero-order chi connectivity index (χ0) is 16.4. The SMILES string of the molecule is CSc1ccc(CSc2nnc(Cc3cccs3)n2C2CC2)cc1. The Morgan fingerprint density at radius 1 is 1.17 bits per heavy atom. The van der Waals surface area contributed by atoms with E-state index in [2.05, 4.69) is 62.8 Å². The van der Waals surface area contributed by atoms with Gasteiger partial charge in [-0.3, -0.25) is 0 Å². The molecular formula is C18H19N3S3. The summed E-state index contributed by atoms with van der Waals surface area (Å²) in [5.41, 5.74) is 1.34. The minimum atomic E-state index is 0.608. The minimum Gasteiger partial charge on any atom is -0.303 e. The Morgan fingerprint density at radius 2 is 2.00 bits per heavy atom. The van der Waals surface area contributed by atoms with Crippen LogP contribution in [-0.4, -0.2) is 21.0 Å². The molecular weight excluding hydrogens is 354 g/mol. The summed E-state index contributed by atoms with van der Waals surface area (Å²) in [7, 11) is 0. The highest BCUT2D eigenvalue weighted by atomic mass is 32.2. The van der Waals surface area contributed by atoms with Gasteiger partial charge in [0.2, 0.25) is 0 Å². The standard InChI is InChI=1S/C18H19N3S3/c1-22-15-8-4-13(5-9-15)12-24-18-20-19-17(21(18)14-6-7-14)11-16-3-2-10-23-16/h2-5,8-10,14H,6-7,11-12H2,1H3. The first kappa shape index (κ1) is 16.2. The van der Waals surface area contributed by atoms with Crippen molar-refractivity contribution in [2.75, 3.05) is 6.26 Å². The molecule has 0 saturated heterocycles. The van der Waals surface area contributed by atoms with Crippen molar-refractivity contribution in [2.45, 2.75) is 41.1 Å². The molecule has 1 aliphatic carbocycles. The molecule has 1 aromatic carbocycles. The number of rotatable bonds is 7. The summed E-state index contributed by atoms with van der Waals surface area (Å²) >= 11 is 5.37. The number of benzene rings is 1. The van der Waals surface area contributed by atoms with Crippen molar-refractivity contribution in [2.24, 2.45) is 0 Å². The quantitative estimate of drug-likeness (QED) is 0.527. The van der Waals surface area contributed by atoms with E-state index in [1.807, 2.05) is 0 Å². The second-order valence-electron chi connectivity index (χ2n) is 5.89. The monoisotopic (exact) mass is 373 g/mol. The van der Waals surface area contributed by atoms with Gasteiger partial charge in [0.05, 0.1) is 0 Å². The van der Waals surface area contributed by atoms with E-state index in [4.69, 9.17) is 0 Å². The normalized spacial score (nSPS) is 14.2. The van der Waals surface area contributed by atoms with E-state index < -0.39 is 0 Å². The topological polar surface area (TPSA) is 30.7 Å². The lowest BCUT2D eigenvalue weighted by molar-refractivity contribution is 0.635. The number of thiophene rings is 1. The predicted molar refractivity (Wildman–Crippen MR) is 103 cm³/mol. The van der Waals surface area contributed by atoms with E-state index in [-0.39, 0.29) is 0 Å². The third-order valence-electron chi connectivity index (χ3n) is 4.09. The van der Waals surface area contributed by atoms with Crippen molar-refractivity contribution in [3.05, 3.63) is 58.0 Å². The Hall–Kier alpha value is -1.24. The highest BCUT2D eigenvalue weighted by Gasteiger charge is 2.29. The second kappa shape index (κ2) is 7.33. The van der Waals surface area contributed by atoms with Gasteiger partial charge in [-0.25, -0.2) is 0 Å². The van der Waals surface area contributed by atoms with Crippen LogP contribution in [-0.2, 0) is 12.2 Å². The van der Waals surface area contributed by atoms with E-state index in [1.165, 1.54) is 28.2 Å². The van der Waals surface area contributed by atoms with Crippen LogP contribution in [0.25, 0.3) is 0 Å². The highest BCUT2D eigenvalue weighted by Crippen LogP contribution is 2.39. The van der Waals surface area contributed by atoms with Crippen LogP contribution in [0.4, 0.5) is 0 Å². The van der Waals surface area contributed by atoms with Gasteiger partial charge in [-0.2, -0.15) is 0 Å². The van der Waals surface area contributed by atoms with Crippen molar-refractivity contribution >= 4 is 34.9 Å². The fraction of sp³-hybridized carbons (Fsp3) is 0.333. The van der Waals surface area contributed by atoms with Gasteiger partial charge in [0.15, 0.2) is 5.16 Å². The Balaban J connectivity index is 1.49. The average molecular weight is 374 g/mol. The molecule has 1 aliphatic rings. The maximum atomic E-state index is 4.49. The first-order chi connectivity index (χ1) is 11.8. The first-order valence-corrected chi connectivity index (χ1v) is 11.1. The molecule has 3 nitrogen and oxygen atoms in total. The molecule has 0 radical (unpaired) electrons. The van der Waals surface area contributed by atoms with Crippen LogP contribution in [0.15, 0.2) is 51.8 Å². The fourth-order valence-corrected chi connectivity index (χ4v) is 4.75. The van der Waals surface area contributed by atoms with Crippen LogP contribution < -0.4 is 0 Å². The van der Waals surface area contributed by atoms with Crippen molar-refractivity contribution in [3.8, 4) is 0 Å². The van der Waals surface area contributed by atoms with Crippen LogP contribution in [0.3, 0.4) is 0 Å². The summed E-state index contributed by atoms with van der Waals surface area (Å²) in [5, 5.41) is 12.2. The molecule has 0 bridgehead atoms. The van der Waals surface area contributed by atoms with E-state index in [0.717, 1.165) is 23.2 Å². The number of hydrogen-bond acceptors (Lipinski definition) is 5. The molecule has 2 heterocycles. The van der Waals surface area contributed by atoms with E-state index in [1.54, 1.807) is 34.9 Å². The van der Waals surface area contributed by atoms with Gasteiger partial charge in [-0.1, -0.05) is 30.0 Å². The van der Waals surface area contributed by atoms with Gasteiger partial charge < -0.3 is 4.57 Å². The summed E-state index contributed by atoms with van der Waals surface area (Å²) in [6.45, 7) is 0. The van der Waals surface area contributed by atoms with Gasteiger partial charge in [0.1, 0.15) is 5.82 Å². The van der Waals surface area contributed by atoms with E-state index in [0.29, 0.717) is 6.04 Å². The summed E-state index contributed by atoms with van der Waals surface area (Å²) in [4.78, 5) is 2.66. The van der Waals surface area contributed by atoms with Crippen molar-refractivity contribution in [1.29, 1.82) is 0 Å². The zero-order valence-corrected chi connectivity index (χ0v) is 16.0. The molecule has 24 heavy (non-hydrogen) atoms. The lowest BCUT2D eigenvalue weighted by Crippen LogP contribution is -2.03. The van der Waals surface area contributed by atoms with Crippen molar-refractivity contribution in [1.82, 2.24) is 14.8 Å². The predicted octanol–water partition coefficient (Wildman–Crippen LogP) is 5.28. The van der Waals surface area contributed by atoms with Gasteiger partial charge in [0, 0.05) is 28.0 Å². The number of thioether (sulfide) groups is 2. The molecule has 0 atom stereocenters. The summed E-state index contributed by atoms with van der Waals surface area (Å²) in [6.07, 6.45) is 5.51. The molecule has 0 unspecified atom stereocenters. The molecule has 6 heteroatoms. The second-order valence-corrected chi connectivity index (χ2v) is 8.75. The van der Waals surface area contributed by atoms with Gasteiger partial charge in [0.25, 0.3) is 0 Å². The molecule has 124 valence electrons. The lowest BCUT2D eigenvalue weighted by atomic mass is 10.2. The molecule has 2 aromatic heterocycles. The van der Waals surface area contributed by atoms with Crippen LogP contribution in [0, 0.1) is 0 Å². The Labute approximate surface area is 154 Å². The van der Waals surface area contributed by atoms with E-state index >= 15 is 0 Å². The van der Waals surface area contributed by atoms with Crippen molar-refractivity contribution in [3.63, 3.8) is 0 Å². The number of aromatic nitrogens is 3. The van der Waals surface area contributed by atoms with E-state index in [9.17, 15) is 0 Å². The average Bonchev–Trinajstić information content (AvgIpc) is 3.17. The Kier molecular flexibility index (Phi) is 4.96. The molecule has 0 amide bonds. The Bertz CT molecular complexity index is 790. The molecule has 4 rings (SSSR count). The molecule has 3 aromatic rings. The van der Waals surface area contributed by atoms with Crippen molar-refractivity contribution < 1.29 is 0 Å². The largest absolute Gasteiger partial charge is 0.303 e. The summed E-state index contributed by atoms with van der Waals surface area (Å²) in [5.74, 6) is 2.05. The summed E-state index contributed by atoms with van der Waals surface area (Å²) in [6, 6.07) is 13.7. The smallest absolute Gasteiger partial charge is 0.191 e. The van der Waals surface area contributed by atoms with Gasteiger partial charge in [-0.05, 0) is 48.2 Å². The highest BCUT2D eigenvalue weighted by molar-refractivity contribution is 7.98. The minimum absolute atomic E-state index is 0.608. The number of nitrogens with zero attached hydrogens (tertiary/aromatic N) is 3. The summed E-state index contributed by atoms with van der Waals surface area (Å²) < 4.78 is 2.38.